The zero-order valence-corrected chi connectivity index (χ0v) is 59.1. The zero-order valence-electron chi connectivity index (χ0n) is 59.1. The average Bonchev–Trinajstić information content (AvgIpc) is 0.800. The number of nitrogens with zero attached hydrogens (tertiary/aromatic N) is 2. The van der Waals surface area contributed by atoms with E-state index in [2.05, 4.69) is 5.32 Å². The Balaban J connectivity index is 0.000000226. The molecule has 8 aromatic carbocycles. The molecule has 558 valence electrons. The maximum absolute atomic E-state index is 14.3. The number of hydrogen-bond acceptors (Lipinski definition) is 12. The lowest BCUT2D eigenvalue weighted by molar-refractivity contribution is -0.145. The molecule has 3 atom stereocenters. The van der Waals surface area contributed by atoms with E-state index in [-0.39, 0.29) is 96.4 Å². The summed E-state index contributed by atoms with van der Waals surface area (Å²) >= 11 is 0. The standard InChI is InChI=1S/C44H48F4N2O6.C32H28F4O4.C6H11NO2/c1-27-31(25-55-39-17-15-29(21-35(39)41(45)46)23-49-19-5-3-13-37(49)43(51)52)9-7-11-33(27)34-12-8-10-32(28(34)2)26-56-40-18-16-30(22-36(40)42(47)48)24-50-20-6-4-14-38(50)44(53)54;1-19-22(17-39-29-12-10-21(16-37)14-27(29)31(33)34)6-4-8-25(19)26-9-5-7-23(20(26)2)18-40-30-13-11-24(38-3)15-28(30)32(35)36;8-6(9)5-3-1-2-4-7-5/h7-12,15-18,21-22,37-38,41-42H,3-6,13-14,19-20,23-26H2,1-2H3,(H,51,52)(H,53,54);4-16,31-32H,17-18H2,1-3H3;5,7H,1-4H2,(H,8,9)/t37-,38-;;5-/m0.0/s1. The highest BCUT2D eigenvalue weighted by Crippen LogP contribution is 2.40. The molecule has 0 bridgehead atoms. The van der Waals surface area contributed by atoms with Gasteiger partial charge in [0, 0.05) is 18.7 Å². The summed E-state index contributed by atoms with van der Waals surface area (Å²) in [5.41, 5.74) is 10.8. The number of carbonyl (C=O) groups is 4. The van der Waals surface area contributed by atoms with Gasteiger partial charge in [0.15, 0.2) is 0 Å². The number of benzene rings is 8. The fourth-order valence-corrected chi connectivity index (χ4v) is 13.5. The van der Waals surface area contributed by atoms with E-state index in [0.717, 1.165) is 124 Å². The summed E-state index contributed by atoms with van der Waals surface area (Å²) in [6.45, 7) is 10.5. The second-order valence-corrected chi connectivity index (χ2v) is 26.3. The van der Waals surface area contributed by atoms with Crippen molar-refractivity contribution in [2.24, 2.45) is 0 Å². The first kappa shape index (κ1) is 79.3. The Hall–Kier alpha value is -9.84. The van der Waals surface area contributed by atoms with Crippen molar-refractivity contribution < 1.29 is 93.3 Å². The predicted molar refractivity (Wildman–Crippen MR) is 382 cm³/mol. The van der Waals surface area contributed by atoms with Crippen molar-refractivity contribution in [2.75, 3.05) is 26.7 Å². The molecule has 0 amide bonds. The molecular formula is C82H87F8N3O12. The molecule has 0 saturated carbocycles. The number of carboxylic acid groups (broad SMARTS) is 3. The highest BCUT2D eigenvalue weighted by atomic mass is 19.3. The van der Waals surface area contributed by atoms with Crippen molar-refractivity contribution >= 4 is 24.2 Å². The van der Waals surface area contributed by atoms with Crippen molar-refractivity contribution in [1.82, 2.24) is 15.1 Å². The average molecular weight is 1460 g/mol. The molecule has 0 unspecified atom stereocenters. The maximum atomic E-state index is 14.3. The molecule has 23 heteroatoms. The number of carbonyl (C=O) groups excluding carboxylic acids is 1. The van der Waals surface area contributed by atoms with Gasteiger partial charge >= 0.3 is 17.9 Å². The van der Waals surface area contributed by atoms with E-state index >= 15 is 0 Å². The minimum atomic E-state index is -2.79. The van der Waals surface area contributed by atoms with Gasteiger partial charge in [-0.15, -0.1) is 0 Å². The molecule has 11 rings (SSSR count). The summed E-state index contributed by atoms with van der Waals surface area (Å²) in [7, 11) is 1.41. The largest absolute Gasteiger partial charge is 0.497 e. The maximum Gasteiger partial charge on any atom is 0.320 e. The first-order valence-corrected chi connectivity index (χ1v) is 34.9. The highest BCUT2D eigenvalue weighted by molar-refractivity contribution is 5.77. The third kappa shape index (κ3) is 20.8. The topological polar surface area (TPSA) is 194 Å². The van der Waals surface area contributed by atoms with Crippen LogP contribution < -0.4 is 29.0 Å². The smallest absolute Gasteiger partial charge is 0.320 e. The van der Waals surface area contributed by atoms with E-state index in [1.54, 1.807) is 18.2 Å². The first-order valence-electron chi connectivity index (χ1n) is 34.9. The quantitative estimate of drug-likeness (QED) is 0.0280. The Morgan fingerprint density at radius 2 is 0.800 bits per heavy atom. The van der Waals surface area contributed by atoms with Crippen molar-refractivity contribution in [2.45, 2.75) is 169 Å². The van der Waals surface area contributed by atoms with Crippen LogP contribution in [0.3, 0.4) is 0 Å². The number of piperidine rings is 3. The number of likely N-dealkylation sites (tertiary alicyclic amines) is 2. The number of methoxy groups -OCH3 is 1. The van der Waals surface area contributed by atoms with Gasteiger partial charge in [-0.25, -0.2) is 35.1 Å². The van der Waals surface area contributed by atoms with Gasteiger partial charge in [-0.3, -0.25) is 29.0 Å². The molecule has 0 aliphatic carbocycles. The van der Waals surface area contributed by atoms with Crippen LogP contribution in [0.1, 0.15) is 172 Å². The monoisotopic (exact) mass is 1460 g/mol. The lowest BCUT2D eigenvalue weighted by Gasteiger charge is -2.33. The summed E-state index contributed by atoms with van der Waals surface area (Å²) in [4.78, 5) is 48.4. The number of ether oxygens (including phenoxy) is 5. The van der Waals surface area contributed by atoms with Gasteiger partial charge in [0.05, 0.1) is 29.4 Å². The number of alkyl halides is 8. The molecular weight excluding hydrogens is 1370 g/mol. The lowest BCUT2D eigenvalue weighted by atomic mass is 9.92. The molecule has 3 aliphatic heterocycles. The number of halogens is 8. The normalized spacial score (nSPS) is 16.2. The van der Waals surface area contributed by atoms with Gasteiger partial charge in [-0.2, -0.15) is 0 Å². The van der Waals surface area contributed by atoms with E-state index in [4.69, 9.17) is 28.8 Å². The minimum absolute atomic E-state index is 0.0161. The van der Waals surface area contributed by atoms with Gasteiger partial charge in [0.2, 0.25) is 0 Å². The fraction of sp³-hybridized carbons (Fsp3) is 0.366. The molecule has 105 heavy (non-hydrogen) atoms. The number of hydrogen-bond donors (Lipinski definition) is 4. The van der Waals surface area contributed by atoms with Gasteiger partial charge in [0.1, 0.15) is 79.6 Å². The van der Waals surface area contributed by atoms with Gasteiger partial charge in [-0.05, 0) is 224 Å². The molecule has 8 aromatic rings. The van der Waals surface area contributed by atoms with Crippen LogP contribution in [0.5, 0.6) is 28.7 Å². The van der Waals surface area contributed by atoms with E-state index in [0.29, 0.717) is 49.1 Å². The van der Waals surface area contributed by atoms with Gasteiger partial charge in [-0.1, -0.05) is 104 Å². The Kier molecular flexibility index (Phi) is 28.5. The van der Waals surface area contributed by atoms with Crippen LogP contribution in [0.2, 0.25) is 0 Å². The third-order valence-electron chi connectivity index (χ3n) is 19.5. The number of carboxylic acids is 3. The van der Waals surface area contributed by atoms with Gasteiger partial charge in [0.25, 0.3) is 25.7 Å². The summed E-state index contributed by atoms with van der Waals surface area (Å²) in [6, 6.07) is 38.8. The number of rotatable bonds is 27. The zero-order chi connectivity index (χ0) is 75.4. The van der Waals surface area contributed by atoms with Crippen LogP contribution >= 0.6 is 0 Å². The van der Waals surface area contributed by atoms with Crippen LogP contribution in [0, 0.1) is 27.7 Å². The third-order valence-corrected chi connectivity index (χ3v) is 19.5. The molecule has 0 radical (unpaired) electrons. The Morgan fingerprint density at radius 1 is 0.448 bits per heavy atom. The lowest BCUT2D eigenvalue weighted by Crippen LogP contribution is -2.44. The van der Waals surface area contributed by atoms with Crippen LogP contribution in [0.4, 0.5) is 35.1 Å². The van der Waals surface area contributed by atoms with E-state index in [9.17, 15) is 64.5 Å². The Morgan fingerprint density at radius 3 is 1.12 bits per heavy atom. The SMILES string of the molecule is COc1ccc(OCc2cccc(-c3cccc(COc4ccc(C=O)cc4C(F)F)c3C)c2C)c(C(F)F)c1.Cc1c(COc2ccc(CN3CCCC[C@H]3C(=O)O)cc2C(F)F)cccc1-c1cccc(COc2ccc(CN3CCCC[C@H]3C(=O)O)cc2C(F)F)c1C.O=C(O)[C@@H]1CCCCN1. The molecule has 15 nitrogen and oxygen atoms in total. The van der Waals surface area contributed by atoms with E-state index in [1.807, 2.05) is 110 Å². The summed E-state index contributed by atoms with van der Waals surface area (Å²) in [5, 5.41) is 30.7. The molecule has 3 heterocycles. The van der Waals surface area contributed by atoms with E-state index in [1.165, 1.54) is 55.6 Å². The van der Waals surface area contributed by atoms with Crippen molar-refractivity contribution in [3.63, 3.8) is 0 Å². The fourth-order valence-electron chi connectivity index (χ4n) is 13.5. The van der Waals surface area contributed by atoms with Gasteiger partial charge < -0.3 is 44.3 Å². The summed E-state index contributed by atoms with van der Waals surface area (Å²) in [5.74, 6) is -1.98. The molecule has 0 aromatic heterocycles. The van der Waals surface area contributed by atoms with Crippen LogP contribution in [-0.4, -0.2) is 94.2 Å². The second kappa shape index (κ2) is 37.7. The van der Waals surface area contributed by atoms with Crippen molar-refractivity contribution in [3.8, 4) is 51.0 Å². The van der Waals surface area contributed by atoms with Crippen molar-refractivity contribution in [3.05, 3.63) is 229 Å². The minimum Gasteiger partial charge on any atom is -0.497 e. The van der Waals surface area contributed by atoms with E-state index < -0.39 is 55.7 Å². The molecule has 4 N–H and O–H groups in total. The summed E-state index contributed by atoms with van der Waals surface area (Å²) in [6.07, 6.45) is -3.20. The second-order valence-electron chi connectivity index (χ2n) is 26.3. The highest BCUT2D eigenvalue weighted by Gasteiger charge is 2.31. The molecule has 3 saturated heterocycles. The van der Waals surface area contributed by atoms with Crippen LogP contribution in [0.25, 0.3) is 22.3 Å². The Bertz CT molecular complexity index is 4160. The molecule has 0 spiro atoms. The Labute approximate surface area is 605 Å². The van der Waals surface area contributed by atoms with Crippen molar-refractivity contribution in [1.29, 1.82) is 0 Å². The molecule has 3 aliphatic rings. The summed E-state index contributed by atoms with van der Waals surface area (Å²) < 4.78 is 140. The predicted octanol–water partition coefficient (Wildman–Crippen LogP) is 18.9. The number of nitrogens with one attached hydrogen (secondary N) is 1. The van der Waals surface area contributed by atoms with Crippen LogP contribution in [0.15, 0.2) is 146 Å². The number of aliphatic carboxylic acids is 3. The van der Waals surface area contributed by atoms with Crippen LogP contribution in [-0.2, 0) is 53.9 Å². The number of aldehydes is 1. The first-order chi connectivity index (χ1) is 50.4. The molecule has 3 fully saturated rings.